The van der Waals surface area contributed by atoms with Crippen LogP contribution in [0.3, 0.4) is 0 Å². The molecule has 2 aromatic rings. The zero-order valence-corrected chi connectivity index (χ0v) is 13.3. The predicted octanol–water partition coefficient (Wildman–Crippen LogP) is 2.94. The lowest BCUT2D eigenvalue weighted by Crippen LogP contribution is -2.27. The summed E-state index contributed by atoms with van der Waals surface area (Å²) in [6, 6.07) is 3.71. The van der Waals surface area contributed by atoms with Gasteiger partial charge < -0.3 is 10.4 Å². The SMILES string of the molecule is Cl.OCCn1nc(C2CCNCC2)c2cc(C(F)(F)F)ccc21. The van der Waals surface area contributed by atoms with E-state index in [4.69, 9.17) is 5.11 Å². The van der Waals surface area contributed by atoms with Crippen molar-refractivity contribution in [2.75, 3.05) is 19.7 Å². The third-order valence-corrected chi connectivity index (χ3v) is 4.14. The number of piperidine rings is 1. The number of halogens is 4. The number of nitrogens with one attached hydrogen (secondary N) is 1. The third-order valence-electron chi connectivity index (χ3n) is 4.14. The highest BCUT2D eigenvalue weighted by Gasteiger charge is 2.32. The Hall–Kier alpha value is -1.31. The molecule has 3 rings (SSSR count). The number of benzene rings is 1. The Labute approximate surface area is 138 Å². The minimum Gasteiger partial charge on any atom is -0.394 e. The summed E-state index contributed by atoms with van der Waals surface area (Å²) in [4.78, 5) is 0. The Morgan fingerprint density at radius 1 is 1.26 bits per heavy atom. The second-order valence-electron chi connectivity index (χ2n) is 5.59. The normalized spacial score (nSPS) is 16.5. The van der Waals surface area contributed by atoms with Gasteiger partial charge in [-0.05, 0) is 44.1 Å². The Morgan fingerprint density at radius 3 is 2.57 bits per heavy atom. The maximum absolute atomic E-state index is 13.0. The molecule has 1 aliphatic heterocycles. The van der Waals surface area contributed by atoms with Gasteiger partial charge >= 0.3 is 6.18 Å². The first-order valence-electron chi connectivity index (χ1n) is 7.40. The summed E-state index contributed by atoms with van der Waals surface area (Å²) in [6.45, 7) is 1.88. The summed E-state index contributed by atoms with van der Waals surface area (Å²) in [5, 5.41) is 17.4. The molecule has 0 spiro atoms. The van der Waals surface area contributed by atoms with Gasteiger partial charge in [0.2, 0.25) is 0 Å². The summed E-state index contributed by atoms with van der Waals surface area (Å²) in [5.41, 5.74) is 0.713. The van der Waals surface area contributed by atoms with Gasteiger partial charge in [0.05, 0.1) is 29.9 Å². The van der Waals surface area contributed by atoms with Gasteiger partial charge in [-0.2, -0.15) is 18.3 Å². The van der Waals surface area contributed by atoms with Crippen LogP contribution >= 0.6 is 12.4 Å². The van der Waals surface area contributed by atoms with Crippen molar-refractivity contribution >= 4 is 23.3 Å². The number of alkyl halides is 3. The van der Waals surface area contributed by atoms with Gasteiger partial charge in [-0.15, -0.1) is 12.4 Å². The van der Waals surface area contributed by atoms with E-state index in [1.165, 1.54) is 12.1 Å². The summed E-state index contributed by atoms with van der Waals surface area (Å²) < 4.78 is 40.5. The highest BCUT2D eigenvalue weighted by atomic mass is 35.5. The van der Waals surface area contributed by atoms with E-state index >= 15 is 0 Å². The summed E-state index contributed by atoms with van der Waals surface area (Å²) in [6.07, 6.45) is -2.64. The lowest BCUT2D eigenvalue weighted by atomic mass is 9.92. The zero-order valence-electron chi connectivity index (χ0n) is 12.4. The van der Waals surface area contributed by atoms with Crippen LogP contribution in [0, 0.1) is 0 Å². The van der Waals surface area contributed by atoms with Crippen LogP contribution in [-0.4, -0.2) is 34.6 Å². The monoisotopic (exact) mass is 349 g/mol. The highest BCUT2D eigenvalue weighted by Crippen LogP contribution is 2.35. The molecular formula is C15H19ClF3N3O. The van der Waals surface area contributed by atoms with Gasteiger partial charge in [0.15, 0.2) is 0 Å². The topological polar surface area (TPSA) is 50.1 Å². The number of hydrogen-bond donors (Lipinski definition) is 2. The highest BCUT2D eigenvalue weighted by molar-refractivity contribution is 5.85. The van der Waals surface area contributed by atoms with E-state index < -0.39 is 11.7 Å². The molecule has 1 aromatic heterocycles. The minimum atomic E-state index is -4.36. The number of aliphatic hydroxyl groups excluding tert-OH is 1. The first-order chi connectivity index (χ1) is 10.5. The van der Waals surface area contributed by atoms with Crippen LogP contribution in [-0.2, 0) is 12.7 Å². The quantitative estimate of drug-likeness (QED) is 0.895. The van der Waals surface area contributed by atoms with Crippen LogP contribution in [0.4, 0.5) is 13.2 Å². The van der Waals surface area contributed by atoms with Crippen molar-refractivity contribution in [3.05, 3.63) is 29.5 Å². The molecule has 8 heteroatoms. The maximum Gasteiger partial charge on any atom is 0.416 e. The molecule has 2 N–H and O–H groups in total. The summed E-state index contributed by atoms with van der Waals surface area (Å²) >= 11 is 0. The van der Waals surface area contributed by atoms with E-state index in [0.717, 1.165) is 37.7 Å². The van der Waals surface area contributed by atoms with Crippen molar-refractivity contribution in [3.8, 4) is 0 Å². The molecule has 1 fully saturated rings. The number of aliphatic hydroxyl groups is 1. The van der Waals surface area contributed by atoms with E-state index in [9.17, 15) is 13.2 Å². The Bertz CT molecular complexity index is 666. The van der Waals surface area contributed by atoms with E-state index in [-0.39, 0.29) is 31.5 Å². The number of rotatable bonds is 3. The molecule has 0 unspecified atom stereocenters. The van der Waals surface area contributed by atoms with Crippen LogP contribution < -0.4 is 5.32 Å². The number of aromatic nitrogens is 2. The molecule has 23 heavy (non-hydrogen) atoms. The Morgan fingerprint density at radius 2 is 1.96 bits per heavy atom. The molecule has 0 amide bonds. The van der Waals surface area contributed by atoms with Crippen LogP contribution in [0.5, 0.6) is 0 Å². The van der Waals surface area contributed by atoms with E-state index in [0.29, 0.717) is 10.9 Å². The fraction of sp³-hybridized carbons (Fsp3) is 0.533. The molecule has 1 aromatic carbocycles. The van der Waals surface area contributed by atoms with Gasteiger partial charge in [0.25, 0.3) is 0 Å². The summed E-state index contributed by atoms with van der Waals surface area (Å²) in [7, 11) is 0. The van der Waals surface area contributed by atoms with Crippen molar-refractivity contribution in [2.45, 2.75) is 31.5 Å². The van der Waals surface area contributed by atoms with E-state index in [1.54, 1.807) is 4.68 Å². The molecule has 0 saturated carbocycles. The van der Waals surface area contributed by atoms with Crippen molar-refractivity contribution in [1.29, 1.82) is 0 Å². The van der Waals surface area contributed by atoms with Crippen LogP contribution in [0.25, 0.3) is 10.9 Å². The molecule has 2 heterocycles. The smallest absolute Gasteiger partial charge is 0.394 e. The molecule has 128 valence electrons. The van der Waals surface area contributed by atoms with E-state index in [2.05, 4.69) is 10.4 Å². The lowest BCUT2D eigenvalue weighted by Gasteiger charge is -2.21. The van der Waals surface area contributed by atoms with Gasteiger partial charge in [-0.25, -0.2) is 0 Å². The van der Waals surface area contributed by atoms with Crippen molar-refractivity contribution in [3.63, 3.8) is 0 Å². The number of hydrogen-bond acceptors (Lipinski definition) is 3. The lowest BCUT2D eigenvalue weighted by molar-refractivity contribution is -0.137. The predicted molar refractivity (Wildman–Crippen MR) is 83.9 cm³/mol. The fourth-order valence-corrected chi connectivity index (χ4v) is 3.04. The molecule has 0 radical (unpaired) electrons. The average molecular weight is 350 g/mol. The first kappa shape index (κ1) is 18.0. The Kier molecular flexibility index (Phi) is 5.54. The first-order valence-corrected chi connectivity index (χ1v) is 7.40. The largest absolute Gasteiger partial charge is 0.416 e. The Balaban J connectivity index is 0.00000192. The molecule has 1 saturated heterocycles. The van der Waals surface area contributed by atoms with Gasteiger partial charge in [-0.1, -0.05) is 0 Å². The van der Waals surface area contributed by atoms with Crippen LogP contribution in [0.1, 0.15) is 30.0 Å². The third kappa shape index (κ3) is 3.62. The minimum absolute atomic E-state index is 0. The van der Waals surface area contributed by atoms with E-state index in [1.807, 2.05) is 0 Å². The average Bonchev–Trinajstić information content (AvgIpc) is 2.86. The van der Waals surface area contributed by atoms with Crippen molar-refractivity contribution in [1.82, 2.24) is 15.1 Å². The van der Waals surface area contributed by atoms with Gasteiger partial charge in [0, 0.05) is 11.3 Å². The zero-order chi connectivity index (χ0) is 15.7. The molecule has 1 aliphatic rings. The molecular weight excluding hydrogens is 331 g/mol. The van der Waals surface area contributed by atoms with Crippen LogP contribution in [0.2, 0.25) is 0 Å². The van der Waals surface area contributed by atoms with Gasteiger partial charge in [0.1, 0.15) is 0 Å². The second kappa shape index (κ2) is 7.07. The molecule has 0 bridgehead atoms. The molecule has 0 aliphatic carbocycles. The molecule has 0 atom stereocenters. The fourth-order valence-electron chi connectivity index (χ4n) is 3.04. The van der Waals surface area contributed by atoms with Crippen molar-refractivity contribution in [2.24, 2.45) is 0 Å². The molecule has 4 nitrogen and oxygen atoms in total. The number of fused-ring (bicyclic) bond motifs is 1. The van der Waals surface area contributed by atoms with Crippen molar-refractivity contribution < 1.29 is 18.3 Å². The van der Waals surface area contributed by atoms with Crippen LogP contribution in [0.15, 0.2) is 18.2 Å². The standard InChI is InChI=1S/C15H18F3N3O.ClH/c16-15(17,18)11-1-2-13-12(9-11)14(20-21(13)7-8-22)10-3-5-19-6-4-10;/h1-2,9-10,19,22H,3-8H2;1H. The summed E-state index contributed by atoms with van der Waals surface area (Å²) in [5.74, 6) is 0.159. The second-order valence-corrected chi connectivity index (χ2v) is 5.59. The number of nitrogens with zero attached hydrogens (tertiary/aromatic N) is 2. The van der Waals surface area contributed by atoms with Gasteiger partial charge in [-0.3, -0.25) is 4.68 Å². The maximum atomic E-state index is 13.0.